The normalized spacial score (nSPS) is 19.3. The molecule has 29 heavy (non-hydrogen) atoms. The van der Waals surface area contributed by atoms with Crippen LogP contribution in [0.15, 0.2) is 47.5 Å². The summed E-state index contributed by atoms with van der Waals surface area (Å²) in [5.74, 6) is 0.950. The number of carbonyl (C=O) groups is 1. The summed E-state index contributed by atoms with van der Waals surface area (Å²) in [5.41, 5.74) is 1.56. The predicted molar refractivity (Wildman–Crippen MR) is 114 cm³/mol. The fourth-order valence-electron chi connectivity index (χ4n) is 3.98. The number of carboxylic acids is 1. The lowest BCUT2D eigenvalue weighted by molar-refractivity contribution is -0.143. The largest absolute Gasteiger partial charge is 0.481 e. The molecule has 1 saturated heterocycles. The number of halogens is 1. The second kappa shape index (κ2) is 8.43. The Balaban J connectivity index is 1.73. The molecule has 0 spiro atoms. The third kappa shape index (κ3) is 4.09. The summed E-state index contributed by atoms with van der Waals surface area (Å²) < 4.78 is 6.12. The summed E-state index contributed by atoms with van der Waals surface area (Å²) >= 11 is 6.29. The molecular formula is C22H24ClN3O3. The quantitative estimate of drug-likeness (QED) is 0.781. The van der Waals surface area contributed by atoms with Crippen LogP contribution in [0.25, 0.3) is 0 Å². The number of nitrogens with zero attached hydrogens (tertiary/aromatic N) is 2. The standard InChI is InChI=1S/C22H24ClN3O3/c1-2-5-15(22(27)28)18-13-26(11-10-24-18)21-16-12-14(23)8-9-19(16)29-20-7-4-3-6-17(20)25-21/h3-4,6-9,12,15,18,24H,2,5,10-11,13H2,1H3,(H,27,28)/t15-,18?/m0/s1. The summed E-state index contributed by atoms with van der Waals surface area (Å²) in [5, 5.41) is 13.7. The van der Waals surface area contributed by atoms with Gasteiger partial charge >= 0.3 is 5.97 Å². The van der Waals surface area contributed by atoms with Crippen molar-refractivity contribution in [2.75, 3.05) is 19.6 Å². The zero-order valence-corrected chi connectivity index (χ0v) is 17.0. The Hall–Kier alpha value is -2.57. The monoisotopic (exact) mass is 413 g/mol. The Bertz CT molecular complexity index is 947. The molecule has 7 heteroatoms. The van der Waals surface area contributed by atoms with Gasteiger partial charge in [-0.25, -0.2) is 4.99 Å². The molecule has 152 valence electrons. The van der Waals surface area contributed by atoms with Gasteiger partial charge in [-0.05, 0) is 36.8 Å². The molecular weight excluding hydrogens is 390 g/mol. The van der Waals surface area contributed by atoms with Gasteiger partial charge in [0.15, 0.2) is 5.75 Å². The Morgan fingerprint density at radius 2 is 2.17 bits per heavy atom. The van der Waals surface area contributed by atoms with E-state index in [0.29, 0.717) is 36.0 Å². The molecule has 6 nitrogen and oxygen atoms in total. The topological polar surface area (TPSA) is 74.2 Å². The molecule has 2 aliphatic heterocycles. The van der Waals surface area contributed by atoms with Crippen molar-refractivity contribution in [3.05, 3.63) is 53.1 Å². The average molecular weight is 414 g/mol. The van der Waals surface area contributed by atoms with Crippen molar-refractivity contribution in [3.8, 4) is 11.5 Å². The molecule has 2 aromatic carbocycles. The number of para-hydroxylation sites is 2. The van der Waals surface area contributed by atoms with Gasteiger partial charge in [-0.2, -0.15) is 0 Å². The first kappa shape index (κ1) is 19.7. The third-order valence-corrected chi connectivity index (χ3v) is 5.64. The number of nitrogens with one attached hydrogen (secondary N) is 1. The fraction of sp³-hybridized carbons (Fsp3) is 0.364. The number of amidine groups is 1. The maximum atomic E-state index is 11.8. The molecule has 4 rings (SSSR count). The summed E-state index contributed by atoms with van der Waals surface area (Å²) in [6, 6.07) is 13.0. The lowest BCUT2D eigenvalue weighted by Gasteiger charge is -2.38. The number of rotatable bonds is 4. The Kier molecular flexibility index (Phi) is 5.74. The van der Waals surface area contributed by atoms with Crippen molar-refractivity contribution in [3.63, 3.8) is 0 Å². The van der Waals surface area contributed by atoms with Gasteiger partial charge in [0.25, 0.3) is 0 Å². The van der Waals surface area contributed by atoms with E-state index in [1.165, 1.54) is 0 Å². The van der Waals surface area contributed by atoms with E-state index >= 15 is 0 Å². The van der Waals surface area contributed by atoms with Crippen LogP contribution < -0.4 is 10.1 Å². The van der Waals surface area contributed by atoms with E-state index in [0.717, 1.165) is 30.1 Å². The van der Waals surface area contributed by atoms with E-state index in [4.69, 9.17) is 21.3 Å². The number of carboxylic acid groups (broad SMARTS) is 1. The maximum absolute atomic E-state index is 11.8. The van der Waals surface area contributed by atoms with Gasteiger partial charge in [0, 0.05) is 30.7 Å². The first-order valence-electron chi connectivity index (χ1n) is 9.93. The summed E-state index contributed by atoms with van der Waals surface area (Å²) in [6.07, 6.45) is 1.47. The van der Waals surface area contributed by atoms with Crippen LogP contribution in [-0.2, 0) is 4.79 Å². The summed E-state index contributed by atoms with van der Waals surface area (Å²) in [6.45, 7) is 3.99. The molecule has 2 atom stereocenters. The van der Waals surface area contributed by atoms with Crippen LogP contribution in [0.5, 0.6) is 11.5 Å². The number of hydrogen-bond acceptors (Lipinski definition) is 5. The zero-order chi connectivity index (χ0) is 20.4. The van der Waals surface area contributed by atoms with Crippen molar-refractivity contribution < 1.29 is 14.6 Å². The SMILES string of the molecule is CCC[C@H](C(=O)O)C1CN(C2=Nc3ccccc3Oc3ccc(Cl)cc32)CCN1. The van der Waals surface area contributed by atoms with Gasteiger partial charge in [-0.15, -0.1) is 0 Å². The molecule has 1 fully saturated rings. The van der Waals surface area contributed by atoms with Crippen molar-refractivity contribution in [1.29, 1.82) is 0 Å². The Morgan fingerprint density at radius 3 is 2.97 bits per heavy atom. The van der Waals surface area contributed by atoms with E-state index < -0.39 is 11.9 Å². The number of hydrogen-bond donors (Lipinski definition) is 2. The summed E-state index contributed by atoms with van der Waals surface area (Å²) in [7, 11) is 0. The van der Waals surface area contributed by atoms with Crippen LogP contribution in [0, 0.1) is 5.92 Å². The molecule has 0 amide bonds. The van der Waals surface area contributed by atoms with Gasteiger partial charge < -0.3 is 20.1 Å². The van der Waals surface area contributed by atoms with E-state index in [1.54, 1.807) is 6.07 Å². The van der Waals surface area contributed by atoms with E-state index in [9.17, 15) is 9.90 Å². The number of ether oxygens (including phenoxy) is 1. The minimum absolute atomic E-state index is 0.147. The molecule has 0 aliphatic carbocycles. The first-order chi connectivity index (χ1) is 14.1. The highest BCUT2D eigenvalue weighted by molar-refractivity contribution is 6.31. The first-order valence-corrected chi connectivity index (χ1v) is 10.3. The van der Waals surface area contributed by atoms with Crippen LogP contribution >= 0.6 is 11.6 Å². The van der Waals surface area contributed by atoms with Crippen molar-refractivity contribution in [2.24, 2.45) is 10.9 Å². The molecule has 1 unspecified atom stereocenters. The van der Waals surface area contributed by atoms with Crippen LogP contribution in [0.1, 0.15) is 25.3 Å². The maximum Gasteiger partial charge on any atom is 0.308 e. The fourth-order valence-corrected chi connectivity index (χ4v) is 4.16. The number of benzene rings is 2. The highest BCUT2D eigenvalue weighted by atomic mass is 35.5. The van der Waals surface area contributed by atoms with E-state index in [-0.39, 0.29) is 6.04 Å². The van der Waals surface area contributed by atoms with Crippen LogP contribution in [-0.4, -0.2) is 47.5 Å². The lowest BCUT2D eigenvalue weighted by Crippen LogP contribution is -2.56. The number of piperazine rings is 1. The number of aliphatic imine (C=N–C) groups is 1. The second-order valence-electron chi connectivity index (χ2n) is 7.39. The van der Waals surface area contributed by atoms with Gasteiger partial charge in [0.1, 0.15) is 17.3 Å². The number of fused-ring (bicyclic) bond motifs is 2. The van der Waals surface area contributed by atoms with Crippen molar-refractivity contribution >= 4 is 29.1 Å². The van der Waals surface area contributed by atoms with Crippen LogP contribution in [0.4, 0.5) is 5.69 Å². The van der Waals surface area contributed by atoms with Gasteiger partial charge in [0.05, 0.1) is 11.5 Å². The van der Waals surface area contributed by atoms with E-state index in [1.807, 2.05) is 43.3 Å². The van der Waals surface area contributed by atoms with Crippen LogP contribution in [0.2, 0.25) is 5.02 Å². The van der Waals surface area contributed by atoms with Gasteiger partial charge in [-0.3, -0.25) is 4.79 Å². The van der Waals surface area contributed by atoms with Crippen molar-refractivity contribution in [1.82, 2.24) is 10.2 Å². The molecule has 2 heterocycles. The summed E-state index contributed by atoms with van der Waals surface area (Å²) in [4.78, 5) is 18.9. The molecule has 2 aromatic rings. The molecule has 2 N–H and O–H groups in total. The number of aliphatic carboxylic acids is 1. The minimum Gasteiger partial charge on any atom is -0.481 e. The molecule has 0 radical (unpaired) electrons. The van der Waals surface area contributed by atoms with Gasteiger partial charge in [-0.1, -0.05) is 37.1 Å². The van der Waals surface area contributed by atoms with Crippen LogP contribution in [0.3, 0.4) is 0 Å². The third-order valence-electron chi connectivity index (χ3n) is 5.40. The molecule has 2 aliphatic rings. The van der Waals surface area contributed by atoms with Gasteiger partial charge in [0.2, 0.25) is 0 Å². The van der Waals surface area contributed by atoms with Crippen molar-refractivity contribution in [2.45, 2.75) is 25.8 Å². The zero-order valence-electron chi connectivity index (χ0n) is 16.3. The highest BCUT2D eigenvalue weighted by Crippen LogP contribution is 2.39. The minimum atomic E-state index is -0.758. The smallest absolute Gasteiger partial charge is 0.308 e. The Labute approximate surface area is 175 Å². The second-order valence-corrected chi connectivity index (χ2v) is 7.82. The molecule has 0 bridgehead atoms. The predicted octanol–water partition coefficient (Wildman–Crippen LogP) is 4.30. The van der Waals surface area contributed by atoms with E-state index in [2.05, 4.69) is 10.2 Å². The Morgan fingerprint density at radius 1 is 1.34 bits per heavy atom. The lowest BCUT2D eigenvalue weighted by atomic mass is 9.93. The molecule has 0 aromatic heterocycles. The average Bonchev–Trinajstić information content (AvgIpc) is 2.88. The molecule has 0 saturated carbocycles. The highest BCUT2D eigenvalue weighted by Gasteiger charge is 2.33.